The fourth-order valence-corrected chi connectivity index (χ4v) is 1.98. The fourth-order valence-electron chi connectivity index (χ4n) is 1.98. The van der Waals surface area contributed by atoms with Crippen LogP contribution in [-0.2, 0) is 0 Å². The molecule has 1 atom stereocenters. The van der Waals surface area contributed by atoms with Gasteiger partial charge >= 0.3 is 6.03 Å². The van der Waals surface area contributed by atoms with Gasteiger partial charge in [-0.25, -0.2) is 4.79 Å². The molecule has 0 saturated carbocycles. The van der Waals surface area contributed by atoms with Gasteiger partial charge in [-0.05, 0) is 43.7 Å². The van der Waals surface area contributed by atoms with E-state index in [9.17, 15) is 4.79 Å². The van der Waals surface area contributed by atoms with Gasteiger partial charge in [-0.3, -0.25) is 0 Å². The zero-order valence-corrected chi connectivity index (χ0v) is 12.5. The minimum Gasteiger partial charge on any atom is -0.497 e. The molecule has 0 aliphatic heterocycles. The number of hydrogen-bond acceptors (Lipinski definition) is 2. The van der Waals surface area contributed by atoms with Gasteiger partial charge in [0.25, 0.3) is 0 Å². The molecule has 0 aliphatic carbocycles. The fraction of sp³-hybridized carbons (Fsp3) is 0.235. The van der Waals surface area contributed by atoms with Gasteiger partial charge in [-0.2, -0.15) is 0 Å². The number of anilines is 1. The lowest BCUT2D eigenvalue weighted by Gasteiger charge is -2.15. The van der Waals surface area contributed by atoms with Crippen LogP contribution in [0.2, 0.25) is 0 Å². The zero-order valence-electron chi connectivity index (χ0n) is 12.5. The third kappa shape index (κ3) is 4.24. The van der Waals surface area contributed by atoms with E-state index in [-0.39, 0.29) is 12.1 Å². The Morgan fingerprint density at radius 2 is 1.67 bits per heavy atom. The van der Waals surface area contributed by atoms with E-state index in [0.717, 1.165) is 17.0 Å². The maximum absolute atomic E-state index is 12.0. The molecule has 0 fully saturated rings. The Morgan fingerprint density at radius 1 is 1.05 bits per heavy atom. The quantitative estimate of drug-likeness (QED) is 0.895. The molecule has 2 aromatic rings. The summed E-state index contributed by atoms with van der Waals surface area (Å²) in [5.74, 6) is 0.758. The Hall–Kier alpha value is -2.49. The summed E-state index contributed by atoms with van der Waals surface area (Å²) >= 11 is 0. The predicted octanol–water partition coefficient (Wildman–Crippen LogP) is 3.89. The molecule has 0 aliphatic rings. The summed E-state index contributed by atoms with van der Waals surface area (Å²) in [5, 5.41) is 5.71. The van der Waals surface area contributed by atoms with Gasteiger partial charge in [0.1, 0.15) is 5.75 Å². The first-order valence-corrected chi connectivity index (χ1v) is 6.86. The molecule has 2 rings (SSSR count). The summed E-state index contributed by atoms with van der Waals surface area (Å²) in [4.78, 5) is 12.0. The highest BCUT2D eigenvalue weighted by Gasteiger charge is 2.09. The molecule has 0 saturated heterocycles. The van der Waals surface area contributed by atoms with E-state index in [1.807, 2.05) is 38.1 Å². The van der Waals surface area contributed by atoms with Crippen molar-refractivity contribution in [3.05, 3.63) is 59.7 Å². The lowest BCUT2D eigenvalue weighted by atomic mass is 10.1. The summed E-state index contributed by atoms with van der Waals surface area (Å²) in [7, 11) is 1.61. The number of nitrogens with one attached hydrogen (secondary N) is 2. The van der Waals surface area contributed by atoms with Gasteiger partial charge in [0, 0.05) is 5.69 Å². The summed E-state index contributed by atoms with van der Waals surface area (Å²) in [6.45, 7) is 4.00. The van der Waals surface area contributed by atoms with Gasteiger partial charge in [-0.1, -0.05) is 29.8 Å². The summed E-state index contributed by atoms with van der Waals surface area (Å²) in [5.41, 5.74) is 3.00. The van der Waals surface area contributed by atoms with Gasteiger partial charge in [-0.15, -0.1) is 0 Å². The van der Waals surface area contributed by atoms with E-state index in [0.29, 0.717) is 0 Å². The Labute approximate surface area is 125 Å². The molecule has 0 aromatic heterocycles. The van der Waals surface area contributed by atoms with Crippen LogP contribution in [0.4, 0.5) is 10.5 Å². The van der Waals surface area contributed by atoms with Crippen molar-refractivity contribution >= 4 is 11.7 Å². The van der Waals surface area contributed by atoms with Crippen LogP contribution < -0.4 is 15.4 Å². The number of ether oxygens (including phenoxy) is 1. The lowest BCUT2D eigenvalue weighted by Crippen LogP contribution is -2.31. The molecule has 4 heteroatoms. The molecular weight excluding hydrogens is 264 g/mol. The van der Waals surface area contributed by atoms with Crippen LogP contribution in [0.5, 0.6) is 5.75 Å². The SMILES string of the molecule is COc1ccc(NC(=O)N[C@@H](C)c2ccc(C)cc2)cc1. The maximum atomic E-state index is 12.0. The van der Waals surface area contributed by atoms with Crippen molar-refractivity contribution in [1.82, 2.24) is 5.32 Å². The molecule has 4 nitrogen and oxygen atoms in total. The monoisotopic (exact) mass is 284 g/mol. The zero-order chi connectivity index (χ0) is 15.2. The van der Waals surface area contributed by atoms with Gasteiger partial charge in [0.05, 0.1) is 13.2 Å². The van der Waals surface area contributed by atoms with Gasteiger partial charge < -0.3 is 15.4 Å². The first-order valence-electron chi connectivity index (χ1n) is 6.86. The van der Waals surface area contributed by atoms with Crippen LogP contribution in [0.15, 0.2) is 48.5 Å². The standard InChI is InChI=1S/C17H20N2O2/c1-12-4-6-14(7-5-12)13(2)18-17(20)19-15-8-10-16(21-3)11-9-15/h4-11,13H,1-3H3,(H2,18,19,20)/t13-/m0/s1. The Kier molecular flexibility index (Phi) is 4.82. The van der Waals surface area contributed by atoms with E-state index in [4.69, 9.17) is 4.74 Å². The average molecular weight is 284 g/mol. The Balaban J connectivity index is 1.92. The predicted molar refractivity (Wildman–Crippen MR) is 84.7 cm³/mol. The molecule has 0 radical (unpaired) electrons. The van der Waals surface area contributed by atoms with Crippen molar-refractivity contribution in [2.45, 2.75) is 19.9 Å². The molecule has 0 spiro atoms. The van der Waals surface area contributed by atoms with E-state index in [1.165, 1.54) is 5.56 Å². The number of carbonyl (C=O) groups excluding carboxylic acids is 1. The van der Waals surface area contributed by atoms with Crippen LogP contribution in [0.3, 0.4) is 0 Å². The smallest absolute Gasteiger partial charge is 0.319 e. The van der Waals surface area contributed by atoms with Crippen molar-refractivity contribution < 1.29 is 9.53 Å². The molecule has 0 heterocycles. The number of amides is 2. The van der Waals surface area contributed by atoms with Crippen molar-refractivity contribution in [2.24, 2.45) is 0 Å². The van der Waals surface area contributed by atoms with Crippen molar-refractivity contribution in [2.75, 3.05) is 12.4 Å². The van der Waals surface area contributed by atoms with Gasteiger partial charge in [0.2, 0.25) is 0 Å². The van der Waals surface area contributed by atoms with E-state index >= 15 is 0 Å². The highest BCUT2D eigenvalue weighted by atomic mass is 16.5. The van der Waals surface area contributed by atoms with Crippen LogP contribution in [0.1, 0.15) is 24.1 Å². The number of carbonyl (C=O) groups is 1. The first-order chi connectivity index (χ1) is 10.1. The van der Waals surface area contributed by atoms with Crippen LogP contribution >= 0.6 is 0 Å². The van der Waals surface area contributed by atoms with E-state index < -0.39 is 0 Å². The minimum absolute atomic E-state index is 0.0520. The summed E-state index contributed by atoms with van der Waals surface area (Å²) in [6.07, 6.45) is 0. The topological polar surface area (TPSA) is 50.4 Å². The van der Waals surface area contributed by atoms with E-state index in [1.54, 1.807) is 31.4 Å². The molecule has 2 amide bonds. The Bertz CT molecular complexity index is 591. The second kappa shape index (κ2) is 6.79. The second-order valence-electron chi connectivity index (χ2n) is 4.96. The average Bonchev–Trinajstić information content (AvgIpc) is 2.48. The van der Waals surface area contributed by atoms with Crippen LogP contribution in [0.25, 0.3) is 0 Å². The van der Waals surface area contributed by atoms with Crippen molar-refractivity contribution in [3.8, 4) is 5.75 Å². The normalized spacial score (nSPS) is 11.6. The maximum Gasteiger partial charge on any atom is 0.319 e. The van der Waals surface area contributed by atoms with Gasteiger partial charge in [0.15, 0.2) is 0 Å². The highest BCUT2D eigenvalue weighted by molar-refractivity contribution is 5.89. The number of methoxy groups -OCH3 is 1. The van der Waals surface area contributed by atoms with Crippen molar-refractivity contribution in [1.29, 1.82) is 0 Å². The molecule has 110 valence electrons. The molecule has 2 aromatic carbocycles. The highest BCUT2D eigenvalue weighted by Crippen LogP contribution is 2.16. The lowest BCUT2D eigenvalue weighted by molar-refractivity contribution is 0.249. The molecule has 2 N–H and O–H groups in total. The number of urea groups is 1. The second-order valence-corrected chi connectivity index (χ2v) is 4.96. The van der Waals surface area contributed by atoms with Crippen LogP contribution in [-0.4, -0.2) is 13.1 Å². The first kappa shape index (κ1) is 14.9. The Morgan fingerprint density at radius 3 is 2.24 bits per heavy atom. The summed E-state index contributed by atoms with van der Waals surface area (Å²) in [6, 6.07) is 15.0. The number of hydrogen-bond donors (Lipinski definition) is 2. The third-order valence-electron chi connectivity index (χ3n) is 3.27. The molecule has 0 unspecified atom stereocenters. The number of aryl methyl sites for hydroxylation is 1. The summed E-state index contributed by atoms with van der Waals surface area (Å²) < 4.78 is 5.08. The number of benzene rings is 2. The molecule has 0 bridgehead atoms. The molecule has 21 heavy (non-hydrogen) atoms. The minimum atomic E-state index is -0.228. The van der Waals surface area contributed by atoms with Crippen molar-refractivity contribution in [3.63, 3.8) is 0 Å². The van der Waals surface area contributed by atoms with E-state index in [2.05, 4.69) is 10.6 Å². The molecular formula is C17H20N2O2. The number of rotatable bonds is 4. The third-order valence-corrected chi connectivity index (χ3v) is 3.27. The largest absolute Gasteiger partial charge is 0.497 e. The van der Waals surface area contributed by atoms with Crippen LogP contribution in [0, 0.1) is 6.92 Å².